The van der Waals surface area contributed by atoms with E-state index < -0.39 is 0 Å². The second-order valence-electron chi connectivity index (χ2n) is 3.73. The summed E-state index contributed by atoms with van der Waals surface area (Å²) in [7, 11) is 1.67. The maximum absolute atomic E-state index is 5.27. The highest BCUT2D eigenvalue weighted by Crippen LogP contribution is 2.11. The molecule has 1 rings (SSSR count). The lowest BCUT2D eigenvalue weighted by molar-refractivity contribution is 0.414. The second-order valence-corrected chi connectivity index (χ2v) is 4.22. The Hall–Kier alpha value is -1.09. The number of nitrogens with one attached hydrogen (secondary N) is 1. The van der Waals surface area contributed by atoms with Gasteiger partial charge in [-0.05, 0) is 24.1 Å². The van der Waals surface area contributed by atoms with Gasteiger partial charge in [-0.15, -0.1) is 0 Å². The molecule has 1 aromatic carbocycles. The van der Waals surface area contributed by atoms with Crippen LogP contribution in [-0.4, -0.2) is 18.6 Å². The van der Waals surface area contributed by atoms with Crippen molar-refractivity contribution in [3.8, 4) is 5.75 Å². The average molecular weight is 237 g/mol. The van der Waals surface area contributed by atoms with Crippen molar-refractivity contribution in [2.75, 3.05) is 13.7 Å². The Kier molecular flexibility index (Phi) is 5.86. The van der Waals surface area contributed by atoms with Crippen LogP contribution < -0.4 is 10.1 Å². The van der Waals surface area contributed by atoms with Crippen LogP contribution in [0.25, 0.3) is 0 Å². The molecular formula is C13H19NOS. The summed E-state index contributed by atoms with van der Waals surface area (Å²) in [5, 5.41) is 3.26. The zero-order chi connectivity index (χ0) is 11.8. The van der Waals surface area contributed by atoms with Gasteiger partial charge in [-0.1, -0.05) is 37.7 Å². The lowest BCUT2D eigenvalue weighted by atomic mass is 10.1. The fourth-order valence-electron chi connectivity index (χ4n) is 1.40. The van der Waals surface area contributed by atoms with E-state index in [2.05, 4.69) is 12.2 Å². The third-order valence-electron chi connectivity index (χ3n) is 2.38. The lowest BCUT2D eigenvalue weighted by Crippen LogP contribution is -2.24. The molecule has 0 unspecified atom stereocenters. The number of hydrogen-bond acceptors (Lipinski definition) is 2. The summed E-state index contributed by atoms with van der Waals surface area (Å²) in [4.78, 5) is 0.915. The van der Waals surface area contributed by atoms with Gasteiger partial charge in [-0.25, -0.2) is 0 Å². The molecule has 88 valence electrons. The molecule has 0 aliphatic heterocycles. The fraction of sp³-hybridized carbons (Fsp3) is 0.462. The summed E-state index contributed by atoms with van der Waals surface area (Å²) in [6.07, 6.45) is 3.17. The minimum Gasteiger partial charge on any atom is -0.497 e. The molecule has 0 radical (unpaired) electrons. The molecule has 0 saturated carbocycles. The summed E-state index contributed by atoms with van der Waals surface area (Å²) in [5.74, 6) is 0.883. The first-order valence-corrected chi connectivity index (χ1v) is 6.06. The van der Waals surface area contributed by atoms with Crippen molar-refractivity contribution in [3.05, 3.63) is 29.8 Å². The second kappa shape index (κ2) is 7.23. The molecule has 3 heteroatoms. The van der Waals surface area contributed by atoms with Crippen LogP contribution in [0.15, 0.2) is 24.3 Å². The van der Waals surface area contributed by atoms with Crippen molar-refractivity contribution in [3.63, 3.8) is 0 Å². The molecule has 1 aromatic rings. The molecule has 0 aliphatic carbocycles. The third-order valence-corrected chi connectivity index (χ3v) is 2.66. The number of unbranched alkanes of at least 4 members (excludes halogenated alkanes) is 1. The number of thiocarbonyl (C=S) groups is 1. The lowest BCUT2D eigenvalue weighted by Gasteiger charge is -2.07. The van der Waals surface area contributed by atoms with Gasteiger partial charge in [0.25, 0.3) is 0 Å². The fourth-order valence-corrected chi connectivity index (χ4v) is 1.66. The van der Waals surface area contributed by atoms with Crippen molar-refractivity contribution < 1.29 is 4.74 Å². The van der Waals surface area contributed by atoms with Crippen LogP contribution in [0.4, 0.5) is 0 Å². The van der Waals surface area contributed by atoms with E-state index in [4.69, 9.17) is 17.0 Å². The van der Waals surface area contributed by atoms with Gasteiger partial charge >= 0.3 is 0 Å². The SMILES string of the molecule is CCCCNC(=S)Cc1ccc(OC)cc1. The van der Waals surface area contributed by atoms with E-state index in [-0.39, 0.29) is 0 Å². The highest BCUT2D eigenvalue weighted by molar-refractivity contribution is 7.80. The normalized spacial score (nSPS) is 9.88. The van der Waals surface area contributed by atoms with Gasteiger partial charge < -0.3 is 10.1 Å². The van der Waals surface area contributed by atoms with Crippen LogP contribution in [0.5, 0.6) is 5.75 Å². The molecule has 0 spiro atoms. The molecule has 0 aromatic heterocycles. The van der Waals surface area contributed by atoms with E-state index in [0.717, 1.165) is 23.7 Å². The number of hydrogen-bond donors (Lipinski definition) is 1. The van der Waals surface area contributed by atoms with Gasteiger partial charge in [0.2, 0.25) is 0 Å². The van der Waals surface area contributed by atoms with Crippen molar-refractivity contribution in [1.82, 2.24) is 5.32 Å². The summed E-state index contributed by atoms with van der Waals surface area (Å²) in [6, 6.07) is 8.02. The van der Waals surface area contributed by atoms with Gasteiger partial charge in [-0.3, -0.25) is 0 Å². The monoisotopic (exact) mass is 237 g/mol. The predicted molar refractivity (Wildman–Crippen MR) is 72.2 cm³/mol. The van der Waals surface area contributed by atoms with E-state index >= 15 is 0 Å². The van der Waals surface area contributed by atoms with Gasteiger partial charge in [0.1, 0.15) is 5.75 Å². The topological polar surface area (TPSA) is 21.3 Å². The first-order chi connectivity index (χ1) is 7.76. The van der Waals surface area contributed by atoms with E-state index in [1.54, 1.807) is 7.11 Å². The smallest absolute Gasteiger partial charge is 0.118 e. The van der Waals surface area contributed by atoms with Crippen molar-refractivity contribution in [2.24, 2.45) is 0 Å². The summed E-state index contributed by atoms with van der Waals surface area (Å²) >= 11 is 5.27. The zero-order valence-electron chi connectivity index (χ0n) is 9.95. The first kappa shape index (κ1) is 13.0. The number of benzene rings is 1. The maximum Gasteiger partial charge on any atom is 0.118 e. The molecule has 0 saturated heterocycles. The molecule has 1 N–H and O–H groups in total. The first-order valence-electron chi connectivity index (χ1n) is 5.66. The van der Waals surface area contributed by atoms with Crippen LogP contribution >= 0.6 is 12.2 Å². The third kappa shape index (κ3) is 4.62. The van der Waals surface area contributed by atoms with E-state index in [1.165, 1.54) is 18.4 Å². The number of ether oxygens (including phenoxy) is 1. The largest absolute Gasteiger partial charge is 0.497 e. The Morgan fingerprint density at radius 2 is 2.00 bits per heavy atom. The van der Waals surface area contributed by atoms with Gasteiger partial charge in [-0.2, -0.15) is 0 Å². The molecule has 0 aliphatic rings. The van der Waals surface area contributed by atoms with Crippen LogP contribution in [0, 0.1) is 0 Å². The number of methoxy groups -OCH3 is 1. The summed E-state index contributed by atoms with van der Waals surface area (Å²) in [5.41, 5.74) is 1.22. The molecule has 16 heavy (non-hydrogen) atoms. The molecule has 0 bridgehead atoms. The molecule has 0 amide bonds. The van der Waals surface area contributed by atoms with Crippen LogP contribution in [0.2, 0.25) is 0 Å². The van der Waals surface area contributed by atoms with Crippen LogP contribution in [0.1, 0.15) is 25.3 Å². The highest BCUT2D eigenvalue weighted by atomic mass is 32.1. The maximum atomic E-state index is 5.27. The Morgan fingerprint density at radius 1 is 1.31 bits per heavy atom. The number of rotatable bonds is 6. The minimum atomic E-state index is 0.809. The van der Waals surface area contributed by atoms with E-state index in [1.807, 2.05) is 24.3 Å². The van der Waals surface area contributed by atoms with E-state index in [0.29, 0.717) is 0 Å². The summed E-state index contributed by atoms with van der Waals surface area (Å²) < 4.78 is 5.11. The van der Waals surface area contributed by atoms with Gasteiger partial charge in [0, 0.05) is 13.0 Å². The Labute approximate surface area is 103 Å². The zero-order valence-corrected chi connectivity index (χ0v) is 10.8. The van der Waals surface area contributed by atoms with Crippen molar-refractivity contribution in [2.45, 2.75) is 26.2 Å². The summed E-state index contributed by atoms with van der Waals surface area (Å²) in [6.45, 7) is 3.15. The molecular weight excluding hydrogens is 218 g/mol. The van der Waals surface area contributed by atoms with Gasteiger partial charge in [0.15, 0.2) is 0 Å². The Bertz CT molecular complexity index is 321. The highest BCUT2D eigenvalue weighted by Gasteiger charge is 1.99. The molecule has 0 heterocycles. The molecule has 2 nitrogen and oxygen atoms in total. The van der Waals surface area contributed by atoms with Crippen LogP contribution in [0.3, 0.4) is 0 Å². The van der Waals surface area contributed by atoms with E-state index in [9.17, 15) is 0 Å². The standard InChI is InChI=1S/C13H19NOS/c1-3-4-9-14-13(16)10-11-5-7-12(15-2)8-6-11/h5-8H,3-4,9-10H2,1-2H3,(H,14,16). The van der Waals surface area contributed by atoms with Crippen molar-refractivity contribution in [1.29, 1.82) is 0 Å². The molecule has 0 fully saturated rings. The Morgan fingerprint density at radius 3 is 2.56 bits per heavy atom. The quantitative estimate of drug-likeness (QED) is 0.607. The van der Waals surface area contributed by atoms with Crippen molar-refractivity contribution >= 4 is 17.2 Å². The minimum absolute atomic E-state index is 0.809. The Balaban J connectivity index is 2.37. The molecule has 0 atom stereocenters. The predicted octanol–water partition coefficient (Wildman–Crippen LogP) is 2.95. The van der Waals surface area contributed by atoms with Crippen LogP contribution in [-0.2, 0) is 6.42 Å². The van der Waals surface area contributed by atoms with Gasteiger partial charge in [0.05, 0.1) is 12.1 Å². The average Bonchev–Trinajstić information content (AvgIpc) is 2.30.